The van der Waals surface area contributed by atoms with Crippen molar-refractivity contribution in [2.45, 2.75) is 44.2 Å². The Morgan fingerprint density at radius 2 is 2.19 bits per heavy atom. The summed E-state index contributed by atoms with van der Waals surface area (Å²) < 4.78 is 0. The Morgan fingerprint density at radius 3 is 2.94 bits per heavy atom. The molecule has 0 aliphatic carbocycles. The molecular formula is C12H22N2OS. The van der Waals surface area contributed by atoms with Gasteiger partial charge in [0.1, 0.15) is 0 Å². The van der Waals surface area contributed by atoms with Crippen molar-refractivity contribution in [1.82, 2.24) is 10.2 Å². The maximum absolute atomic E-state index is 12.3. The van der Waals surface area contributed by atoms with Gasteiger partial charge in [0.05, 0.1) is 6.04 Å². The van der Waals surface area contributed by atoms with E-state index in [1.165, 1.54) is 31.4 Å². The number of nitrogens with one attached hydrogen (secondary N) is 1. The fraction of sp³-hybridized carbons (Fsp3) is 0.917. The largest absolute Gasteiger partial charge is 0.341 e. The number of carbonyl (C=O) groups excluding carboxylic acids is 1. The maximum Gasteiger partial charge on any atom is 0.239 e. The third-order valence-corrected chi connectivity index (χ3v) is 4.80. The fourth-order valence-corrected chi connectivity index (χ4v) is 3.76. The molecular weight excluding hydrogens is 220 g/mol. The number of hydrogen-bond acceptors (Lipinski definition) is 3. The number of likely N-dealkylation sites (N-methyl/N-ethyl adjacent to an activating group) is 1. The Morgan fingerprint density at radius 1 is 1.31 bits per heavy atom. The number of hydrogen-bond donors (Lipinski definition) is 1. The number of amides is 1. The molecule has 2 atom stereocenters. The third-order valence-electron chi connectivity index (χ3n) is 3.66. The molecule has 4 heteroatoms. The minimum absolute atomic E-state index is 0.0816. The molecule has 0 aromatic rings. The highest BCUT2D eigenvalue weighted by atomic mass is 32.2. The van der Waals surface area contributed by atoms with Gasteiger partial charge < -0.3 is 10.2 Å². The summed E-state index contributed by atoms with van der Waals surface area (Å²) in [7, 11) is 1.98. The maximum atomic E-state index is 12.3. The lowest BCUT2D eigenvalue weighted by Crippen LogP contribution is -2.48. The normalized spacial score (nSPS) is 31.1. The van der Waals surface area contributed by atoms with Crippen LogP contribution in [0.15, 0.2) is 0 Å². The monoisotopic (exact) mass is 242 g/mol. The zero-order valence-electron chi connectivity index (χ0n) is 10.1. The Bertz CT molecular complexity index is 229. The number of thioether (sulfide) groups is 1. The van der Waals surface area contributed by atoms with Crippen LogP contribution in [0.5, 0.6) is 0 Å². The Kier molecular flexibility index (Phi) is 4.53. The molecule has 3 nitrogen and oxygen atoms in total. The van der Waals surface area contributed by atoms with E-state index in [1.54, 1.807) is 0 Å². The molecule has 0 spiro atoms. The molecule has 2 fully saturated rings. The van der Waals surface area contributed by atoms with E-state index < -0.39 is 0 Å². The zero-order chi connectivity index (χ0) is 11.4. The standard InChI is InChI=1S/C12H22N2OS/c1-14(10-6-8-16-9-10)12(15)11-5-3-2-4-7-13-11/h10-11,13H,2-9H2,1H3. The van der Waals surface area contributed by atoms with E-state index in [0.717, 1.165) is 18.7 Å². The van der Waals surface area contributed by atoms with Crippen LogP contribution in [-0.2, 0) is 4.79 Å². The minimum atomic E-state index is 0.0816. The molecule has 16 heavy (non-hydrogen) atoms. The molecule has 92 valence electrons. The summed E-state index contributed by atoms with van der Waals surface area (Å²) in [5.74, 6) is 2.64. The van der Waals surface area contributed by atoms with Crippen LogP contribution in [0.3, 0.4) is 0 Å². The highest BCUT2D eigenvalue weighted by molar-refractivity contribution is 7.99. The topological polar surface area (TPSA) is 32.3 Å². The average Bonchev–Trinajstić information content (AvgIpc) is 2.70. The lowest BCUT2D eigenvalue weighted by molar-refractivity contribution is -0.133. The first-order valence-corrected chi connectivity index (χ1v) is 7.52. The van der Waals surface area contributed by atoms with Crippen molar-refractivity contribution in [2.24, 2.45) is 0 Å². The van der Waals surface area contributed by atoms with Crippen molar-refractivity contribution >= 4 is 17.7 Å². The van der Waals surface area contributed by atoms with Gasteiger partial charge >= 0.3 is 0 Å². The Balaban J connectivity index is 1.88. The first-order chi connectivity index (χ1) is 7.79. The van der Waals surface area contributed by atoms with Gasteiger partial charge in [-0.25, -0.2) is 0 Å². The first kappa shape index (κ1) is 12.2. The second kappa shape index (κ2) is 5.92. The predicted molar refractivity (Wildman–Crippen MR) is 68.8 cm³/mol. The van der Waals surface area contributed by atoms with E-state index in [4.69, 9.17) is 0 Å². The second-order valence-corrected chi connectivity index (χ2v) is 5.97. The molecule has 0 radical (unpaired) electrons. The molecule has 0 bridgehead atoms. The molecule has 2 rings (SSSR count). The Labute approximate surface area is 102 Å². The minimum Gasteiger partial charge on any atom is -0.341 e. The van der Waals surface area contributed by atoms with Crippen molar-refractivity contribution < 1.29 is 4.79 Å². The summed E-state index contributed by atoms with van der Waals surface area (Å²) in [5, 5.41) is 3.39. The van der Waals surface area contributed by atoms with Gasteiger partial charge in [0, 0.05) is 18.8 Å². The Hall–Kier alpha value is -0.220. The highest BCUT2D eigenvalue weighted by Gasteiger charge is 2.28. The summed E-state index contributed by atoms with van der Waals surface area (Å²) in [4.78, 5) is 14.3. The summed E-state index contributed by atoms with van der Waals surface area (Å²) in [6.45, 7) is 1.00. The lowest BCUT2D eigenvalue weighted by atomic mass is 10.1. The molecule has 2 unspecified atom stereocenters. The van der Waals surface area contributed by atoms with Crippen molar-refractivity contribution in [3.05, 3.63) is 0 Å². The SMILES string of the molecule is CN(C(=O)C1CCCCCN1)C1CCSC1. The van der Waals surface area contributed by atoms with Crippen LogP contribution in [0.25, 0.3) is 0 Å². The highest BCUT2D eigenvalue weighted by Crippen LogP contribution is 2.22. The van der Waals surface area contributed by atoms with Crippen molar-refractivity contribution in [3.63, 3.8) is 0 Å². The summed E-state index contributed by atoms with van der Waals surface area (Å²) in [6, 6.07) is 0.556. The van der Waals surface area contributed by atoms with Crippen LogP contribution < -0.4 is 5.32 Å². The van der Waals surface area contributed by atoms with E-state index in [2.05, 4.69) is 5.32 Å². The smallest absolute Gasteiger partial charge is 0.239 e. The first-order valence-electron chi connectivity index (χ1n) is 6.37. The van der Waals surface area contributed by atoms with E-state index in [9.17, 15) is 4.79 Å². The fourth-order valence-electron chi connectivity index (χ4n) is 2.49. The van der Waals surface area contributed by atoms with E-state index in [0.29, 0.717) is 11.9 Å². The molecule has 0 saturated carbocycles. The van der Waals surface area contributed by atoms with Crippen molar-refractivity contribution in [1.29, 1.82) is 0 Å². The molecule has 1 amide bonds. The third kappa shape index (κ3) is 2.92. The van der Waals surface area contributed by atoms with Crippen LogP contribution in [0, 0.1) is 0 Å². The van der Waals surface area contributed by atoms with Crippen LogP contribution in [0.2, 0.25) is 0 Å². The molecule has 1 N–H and O–H groups in total. The average molecular weight is 242 g/mol. The summed E-state index contributed by atoms with van der Waals surface area (Å²) >= 11 is 1.96. The number of rotatable bonds is 2. The van der Waals surface area contributed by atoms with Gasteiger partial charge in [0.2, 0.25) is 5.91 Å². The molecule has 2 aliphatic heterocycles. The molecule has 2 aliphatic rings. The van der Waals surface area contributed by atoms with Crippen LogP contribution in [0.4, 0.5) is 0 Å². The molecule has 0 aromatic heterocycles. The van der Waals surface area contributed by atoms with Crippen LogP contribution in [0.1, 0.15) is 32.1 Å². The van der Waals surface area contributed by atoms with Crippen molar-refractivity contribution in [3.8, 4) is 0 Å². The summed E-state index contributed by atoms with van der Waals surface area (Å²) in [5.41, 5.74) is 0. The quantitative estimate of drug-likeness (QED) is 0.796. The van der Waals surface area contributed by atoms with Gasteiger partial charge in [0.15, 0.2) is 0 Å². The number of carbonyl (C=O) groups is 1. The molecule has 2 heterocycles. The lowest BCUT2D eigenvalue weighted by Gasteiger charge is -2.28. The van der Waals surface area contributed by atoms with Crippen LogP contribution in [-0.4, -0.2) is 48.0 Å². The second-order valence-electron chi connectivity index (χ2n) is 4.82. The molecule has 2 saturated heterocycles. The number of nitrogens with zero attached hydrogens (tertiary/aromatic N) is 1. The predicted octanol–water partition coefficient (Wildman–Crippen LogP) is 1.48. The van der Waals surface area contributed by atoms with Gasteiger partial charge in [-0.1, -0.05) is 12.8 Å². The summed E-state index contributed by atoms with van der Waals surface area (Å²) in [6.07, 6.45) is 5.85. The van der Waals surface area contributed by atoms with Gasteiger partial charge in [-0.15, -0.1) is 0 Å². The van der Waals surface area contributed by atoms with Gasteiger partial charge in [-0.2, -0.15) is 11.8 Å². The van der Waals surface area contributed by atoms with Gasteiger partial charge in [-0.3, -0.25) is 4.79 Å². The van der Waals surface area contributed by atoms with Crippen molar-refractivity contribution in [2.75, 3.05) is 25.1 Å². The zero-order valence-corrected chi connectivity index (χ0v) is 10.9. The molecule has 0 aromatic carbocycles. The van der Waals surface area contributed by atoms with E-state index >= 15 is 0 Å². The van der Waals surface area contributed by atoms with E-state index in [-0.39, 0.29) is 6.04 Å². The van der Waals surface area contributed by atoms with Crippen LogP contribution >= 0.6 is 11.8 Å². The van der Waals surface area contributed by atoms with Gasteiger partial charge in [-0.05, 0) is 31.6 Å². The van der Waals surface area contributed by atoms with E-state index in [1.807, 2.05) is 23.7 Å². The van der Waals surface area contributed by atoms with Gasteiger partial charge in [0.25, 0.3) is 0 Å².